The Labute approximate surface area is 167 Å². The van der Waals surface area contributed by atoms with Crippen LogP contribution >= 0.6 is 31.9 Å². The van der Waals surface area contributed by atoms with Crippen LogP contribution in [-0.2, 0) is 19.4 Å². The zero-order valence-electron chi connectivity index (χ0n) is 13.7. The second kappa shape index (κ2) is 7.32. The number of phenolic OH excluding ortho intramolecular Hbond substituents is 1. The Morgan fingerprint density at radius 1 is 1.00 bits per heavy atom. The molecule has 0 spiro atoms. The van der Waals surface area contributed by atoms with E-state index in [9.17, 15) is 5.11 Å². The van der Waals surface area contributed by atoms with Gasteiger partial charge in [-0.1, -0.05) is 6.07 Å². The lowest BCUT2D eigenvalue weighted by Crippen LogP contribution is -2.04. The highest BCUT2D eigenvalue weighted by atomic mass is 79.9. The molecule has 0 saturated heterocycles. The third-order valence-electron chi connectivity index (χ3n) is 4.36. The first-order valence-corrected chi connectivity index (χ1v) is 9.80. The predicted molar refractivity (Wildman–Crippen MR) is 105 cm³/mol. The molecule has 0 unspecified atom stereocenters. The lowest BCUT2D eigenvalue weighted by molar-refractivity contribution is 0.294. The lowest BCUT2D eigenvalue weighted by atomic mass is 10.1. The number of aromatic hydroxyl groups is 1. The molecule has 3 aromatic rings. The molecular formula is C19H15Br2N3O2. The summed E-state index contributed by atoms with van der Waals surface area (Å²) in [6, 6.07) is 9.78. The highest BCUT2D eigenvalue weighted by Crippen LogP contribution is 2.36. The Balaban J connectivity index is 1.46. The van der Waals surface area contributed by atoms with Crippen LogP contribution in [0, 0.1) is 0 Å². The molecule has 4 rings (SSSR count). The first kappa shape index (κ1) is 17.4. The van der Waals surface area contributed by atoms with Crippen LogP contribution in [0.5, 0.6) is 11.5 Å². The molecule has 2 aromatic carbocycles. The molecule has 0 fully saturated rings. The number of aromatic nitrogens is 3. The number of hydrogen-bond acceptors (Lipinski definition) is 5. The van der Waals surface area contributed by atoms with Crippen LogP contribution in [0.3, 0.4) is 0 Å². The number of hydrogen-bond donors (Lipinski definition) is 1. The summed E-state index contributed by atoms with van der Waals surface area (Å²) in [5, 5.41) is 18.2. The molecule has 1 aromatic heterocycles. The van der Waals surface area contributed by atoms with E-state index in [1.165, 1.54) is 17.5 Å². The monoisotopic (exact) mass is 475 g/mol. The molecule has 1 aliphatic rings. The summed E-state index contributed by atoms with van der Waals surface area (Å²) in [5.74, 6) is 1.50. The molecule has 0 bridgehead atoms. The van der Waals surface area contributed by atoms with Crippen molar-refractivity contribution in [3.05, 3.63) is 62.4 Å². The molecule has 132 valence electrons. The van der Waals surface area contributed by atoms with E-state index in [2.05, 4.69) is 59.2 Å². The smallest absolute Gasteiger partial charge is 0.188 e. The first-order valence-electron chi connectivity index (χ1n) is 8.22. The van der Waals surface area contributed by atoms with Crippen LogP contribution in [-0.4, -0.2) is 20.3 Å². The van der Waals surface area contributed by atoms with Gasteiger partial charge in [0.05, 0.1) is 15.1 Å². The largest absolute Gasteiger partial charge is 0.506 e. The predicted octanol–water partition coefficient (Wildman–Crippen LogP) is 4.84. The van der Waals surface area contributed by atoms with Crippen molar-refractivity contribution in [3.63, 3.8) is 0 Å². The zero-order chi connectivity index (χ0) is 18.1. The summed E-state index contributed by atoms with van der Waals surface area (Å²) in [6.07, 6.45) is 5.15. The quantitative estimate of drug-likeness (QED) is 0.583. The Kier molecular flexibility index (Phi) is 4.91. The maximum absolute atomic E-state index is 9.80. The Bertz CT molecular complexity index is 938. The first-order chi connectivity index (χ1) is 12.6. The van der Waals surface area contributed by atoms with Gasteiger partial charge in [0.25, 0.3) is 0 Å². The molecule has 1 N–H and O–H groups in total. The summed E-state index contributed by atoms with van der Waals surface area (Å²) in [5.41, 5.74) is 4.21. The third kappa shape index (κ3) is 3.59. The second-order valence-corrected chi connectivity index (χ2v) is 7.83. The Morgan fingerprint density at radius 2 is 1.77 bits per heavy atom. The molecule has 1 heterocycles. The van der Waals surface area contributed by atoms with Crippen molar-refractivity contribution in [2.75, 3.05) is 0 Å². The minimum atomic E-state index is 0.147. The van der Waals surface area contributed by atoms with E-state index in [1.807, 2.05) is 6.07 Å². The van der Waals surface area contributed by atoms with Gasteiger partial charge in [0.2, 0.25) is 0 Å². The highest BCUT2D eigenvalue weighted by Gasteiger charge is 2.12. The molecule has 5 nitrogen and oxygen atoms in total. The number of nitrogens with zero attached hydrogens (tertiary/aromatic N) is 3. The maximum Gasteiger partial charge on any atom is 0.188 e. The summed E-state index contributed by atoms with van der Waals surface area (Å²) < 4.78 is 6.96. The van der Waals surface area contributed by atoms with Crippen molar-refractivity contribution in [3.8, 4) is 22.8 Å². The Morgan fingerprint density at radius 3 is 2.50 bits per heavy atom. The van der Waals surface area contributed by atoms with Gasteiger partial charge in [-0.3, -0.25) is 0 Å². The summed E-state index contributed by atoms with van der Waals surface area (Å²) in [6.45, 7) is 0.273. The van der Waals surface area contributed by atoms with Crippen molar-refractivity contribution < 1.29 is 9.84 Å². The Hall–Kier alpha value is -1.99. The zero-order valence-corrected chi connectivity index (χ0v) is 16.9. The van der Waals surface area contributed by atoms with Gasteiger partial charge in [0.15, 0.2) is 5.82 Å². The standard InChI is InChI=1S/C19H15Br2N3O2/c20-15-7-13(8-16(21)19(15)25)17-9-22-18(24-23-17)10-26-14-5-4-11-2-1-3-12(11)6-14/h4-9,25H,1-3,10H2. The number of aryl methyl sites for hydroxylation is 2. The van der Waals surface area contributed by atoms with Crippen LogP contribution < -0.4 is 4.74 Å². The molecule has 7 heteroatoms. The van der Waals surface area contributed by atoms with Gasteiger partial charge < -0.3 is 9.84 Å². The van der Waals surface area contributed by atoms with E-state index in [1.54, 1.807) is 18.3 Å². The second-order valence-electron chi connectivity index (χ2n) is 6.12. The highest BCUT2D eigenvalue weighted by molar-refractivity contribution is 9.11. The maximum atomic E-state index is 9.80. The van der Waals surface area contributed by atoms with Crippen molar-refractivity contribution in [1.82, 2.24) is 15.2 Å². The minimum absolute atomic E-state index is 0.147. The molecule has 0 amide bonds. The fourth-order valence-electron chi connectivity index (χ4n) is 3.00. The molecule has 26 heavy (non-hydrogen) atoms. The van der Waals surface area contributed by atoms with Crippen molar-refractivity contribution in [2.24, 2.45) is 0 Å². The van der Waals surface area contributed by atoms with Crippen molar-refractivity contribution >= 4 is 31.9 Å². The molecule has 1 aliphatic carbocycles. The number of halogens is 2. The average molecular weight is 477 g/mol. The van der Waals surface area contributed by atoms with Crippen molar-refractivity contribution in [2.45, 2.75) is 25.9 Å². The van der Waals surface area contributed by atoms with Gasteiger partial charge >= 0.3 is 0 Å². The molecule has 0 radical (unpaired) electrons. The van der Waals surface area contributed by atoms with E-state index in [0.717, 1.165) is 24.2 Å². The van der Waals surface area contributed by atoms with Gasteiger partial charge in [-0.2, -0.15) is 0 Å². The number of rotatable bonds is 4. The van der Waals surface area contributed by atoms with E-state index >= 15 is 0 Å². The van der Waals surface area contributed by atoms with Crippen LogP contribution in [0.15, 0.2) is 45.5 Å². The number of ether oxygens (including phenoxy) is 1. The molecule has 0 atom stereocenters. The van der Waals surface area contributed by atoms with Gasteiger partial charge in [0.1, 0.15) is 23.8 Å². The third-order valence-corrected chi connectivity index (χ3v) is 5.57. The normalized spacial score (nSPS) is 12.8. The van der Waals surface area contributed by atoms with Crippen LogP contribution in [0.2, 0.25) is 0 Å². The topological polar surface area (TPSA) is 68.1 Å². The summed E-state index contributed by atoms with van der Waals surface area (Å²) in [4.78, 5) is 4.33. The molecule has 0 saturated carbocycles. The van der Waals surface area contributed by atoms with E-state index in [0.29, 0.717) is 20.5 Å². The fourth-order valence-corrected chi connectivity index (χ4v) is 4.18. The number of phenols is 1. The summed E-state index contributed by atoms with van der Waals surface area (Å²) in [7, 11) is 0. The van der Waals surface area contributed by atoms with E-state index < -0.39 is 0 Å². The lowest BCUT2D eigenvalue weighted by Gasteiger charge is -2.08. The molecular weight excluding hydrogens is 462 g/mol. The van der Waals surface area contributed by atoms with E-state index in [4.69, 9.17) is 4.74 Å². The number of fused-ring (bicyclic) bond motifs is 1. The van der Waals surface area contributed by atoms with E-state index in [-0.39, 0.29) is 12.4 Å². The van der Waals surface area contributed by atoms with Gasteiger partial charge in [0, 0.05) is 5.56 Å². The number of benzene rings is 2. The van der Waals surface area contributed by atoms with Gasteiger partial charge in [-0.05, 0) is 86.5 Å². The van der Waals surface area contributed by atoms with Crippen molar-refractivity contribution in [1.29, 1.82) is 0 Å². The van der Waals surface area contributed by atoms with Gasteiger partial charge in [-0.25, -0.2) is 4.98 Å². The van der Waals surface area contributed by atoms with Crippen LogP contribution in [0.4, 0.5) is 0 Å². The van der Waals surface area contributed by atoms with Crippen LogP contribution in [0.25, 0.3) is 11.3 Å². The summed E-state index contributed by atoms with van der Waals surface area (Å²) >= 11 is 6.62. The van der Waals surface area contributed by atoms with Crippen LogP contribution in [0.1, 0.15) is 23.4 Å². The molecule has 0 aliphatic heterocycles. The SMILES string of the molecule is Oc1c(Br)cc(-c2cnc(COc3ccc4c(c3)CCC4)nn2)cc1Br. The fraction of sp³-hybridized carbons (Fsp3) is 0.211. The average Bonchev–Trinajstić information content (AvgIpc) is 3.12. The minimum Gasteiger partial charge on any atom is -0.506 e. The van der Waals surface area contributed by atoms with Gasteiger partial charge in [-0.15, -0.1) is 10.2 Å².